The summed E-state index contributed by atoms with van der Waals surface area (Å²) in [5.41, 5.74) is 0. The molecule has 0 aliphatic heterocycles. The van der Waals surface area contributed by atoms with Gasteiger partial charge < -0.3 is 0 Å². The zero-order valence-electron chi connectivity index (χ0n) is 2.83. The van der Waals surface area contributed by atoms with E-state index in [0.717, 1.165) is 0 Å². The summed E-state index contributed by atoms with van der Waals surface area (Å²) in [5.74, 6) is 0. The van der Waals surface area contributed by atoms with Crippen molar-refractivity contribution < 1.29 is 38.0 Å². The van der Waals surface area contributed by atoms with Gasteiger partial charge in [-0.15, -0.1) is 4.20 Å². The molecule has 0 saturated carbocycles. The second-order valence-electron chi connectivity index (χ2n) is 0.473. The third-order valence-electron chi connectivity index (χ3n) is 0. The van der Waals surface area contributed by atoms with Gasteiger partial charge in [0, 0.05) is 19.5 Å². The SMILES string of the molecule is O=P(O)(O)F.[Zn]. The third kappa shape index (κ3) is 130. The topological polar surface area (TPSA) is 57.5 Å². The molecule has 0 aromatic rings. The van der Waals surface area contributed by atoms with E-state index in [2.05, 4.69) is 0 Å². The summed E-state index contributed by atoms with van der Waals surface area (Å²) in [6.45, 7) is 0. The van der Waals surface area contributed by atoms with E-state index in [1.165, 1.54) is 0 Å². The van der Waals surface area contributed by atoms with Crippen LogP contribution in [0.3, 0.4) is 0 Å². The molecule has 0 bridgehead atoms. The van der Waals surface area contributed by atoms with Crippen LogP contribution in [0.4, 0.5) is 4.20 Å². The maximum absolute atomic E-state index is 10.4. The fourth-order valence-corrected chi connectivity index (χ4v) is 0. The molecule has 6 heteroatoms. The van der Waals surface area contributed by atoms with E-state index in [0.29, 0.717) is 0 Å². The van der Waals surface area contributed by atoms with Crippen LogP contribution in [0.15, 0.2) is 0 Å². The van der Waals surface area contributed by atoms with E-state index in [4.69, 9.17) is 14.4 Å². The Kier molecular flexibility index (Phi) is 4.61. The summed E-state index contributed by atoms with van der Waals surface area (Å²) < 4.78 is 19.0. The number of hydrogen-bond acceptors (Lipinski definition) is 1. The predicted octanol–water partition coefficient (Wildman–Crippen LogP) is 0.0461. The van der Waals surface area contributed by atoms with Crippen LogP contribution in [0.1, 0.15) is 0 Å². The molecule has 3 nitrogen and oxygen atoms in total. The molecule has 0 spiro atoms. The Morgan fingerprint density at radius 1 is 1.50 bits per heavy atom. The molecule has 34 valence electrons. The molecule has 0 fully saturated rings. The van der Waals surface area contributed by atoms with Crippen LogP contribution < -0.4 is 0 Å². The van der Waals surface area contributed by atoms with E-state index in [9.17, 15) is 4.20 Å². The van der Waals surface area contributed by atoms with Crippen molar-refractivity contribution in [1.29, 1.82) is 0 Å². The first-order chi connectivity index (χ1) is 2.00. The smallest absolute Gasteiger partial charge is 0.299 e. The second kappa shape index (κ2) is 2.81. The Morgan fingerprint density at radius 2 is 1.50 bits per heavy atom. The second-order valence-corrected chi connectivity index (χ2v) is 1.42. The first-order valence-corrected chi connectivity index (χ1v) is 2.25. The van der Waals surface area contributed by atoms with Gasteiger partial charge in [-0.05, 0) is 0 Å². The van der Waals surface area contributed by atoms with Crippen LogP contribution in [0.5, 0.6) is 0 Å². The number of rotatable bonds is 0. The summed E-state index contributed by atoms with van der Waals surface area (Å²) >= 11 is 0. The molecule has 0 radical (unpaired) electrons. The molecular formula is H2FO3PZn. The van der Waals surface area contributed by atoms with Gasteiger partial charge in [-0.3, -0.25) is 9.79 Å². The van der Waals surface area contributed by atoms with Gasteiger partial charge in [0.05, 0.1) is 0 Å². The molecule has 6 heavy (non-hydrogen) atoms. The Balaban J connectivity index is 0. The zero-order valence-corrected chi connectivity index (χ0v) is 6.70. The van der Waals surface area contributed by atoms with Crippen LogP contribution in [0.2, 0.25) is 0 Å². The quantitative estimate of drug-likeness (QED) is 0.394. The van der Waals surface area contributed by atoms with Crippen LogP contribution in [-0.2, 0) is 24.0 Å². The minimum atomic E-state index is -5.14. The molecule has 0 saturated heterocycles. The minimum absolute atomic E-state index is 0. The van der Waals surface area contributed by atoms with Crippen LogP contribution in [0, 0.1) is 0 Å². The summed E-state index contributed by atoms with van der Waals surface area (Å²) in [4.78, 5) is 13.9. The van der Waals surface area contributed by atoms with Crippen molar-refractivity contribution >= 4 is 7.91 Å². The van der Waals surface area contributed by atoms with Crippen molar-refractivity contribution in [3.63, 3.8) is 0 Å². The van der Waals surface area contributed by atoms with E-state index in [1.807, 2.05) is 0 Å². The Labute approximate surface area is 46.6 Å². The van der Waals surface area contributed by atoms with Gasteiger partial charge >= 0.3 is 7.91 Å². The first kappa shape index (κ1) is 9.86. The Bertz CT molecular complexity index is 56.9. The van der Waals surface area contributed by atoms with Gasteiger partial charge in [0.25, 0.3) is 0 Å². The summed E-state index contributed by atoms with van der Waals surface area (Å²) in [6, 6.07) is 0. The fraction of sp³-hybridized carbons (Fsp3) is 0. The molecule has 0 rings (SSSR count). The molecule has 0 aromatic heterocycles. The maximum atomic E-state index is 10.4. The van der Waals surface area contributed by atoms with Crippen molar-refractivity contribution in [3.05, 3.63) is 0 Å². The summed E-state index contributed by atoms with van der Waals surface area (Å²) in [7, 11) is -5.14. The molecule has 0 aliphatic carbocycles. The largest absolute Gasteiger partial charge is 0.507 e. The standard InChI is InChI=1S/FH2O3P.Zn/c1-5(2,3)4;/h(H2,2,3,4);. The average Bonchev–Trinajstić information content (AvgIpc) is 0.722. The molecule has 0 unspecified atom stereocenters. The van der Waals surface area contributed by atoms with Gasteiger partial charge in [-0.1, -0.05) is 0 Å². The van der Waals surface area contributed by atoms with Gasteiger partial charge in [-0.25, -0.2) is 4.57 Å². The van der Waals surface area contributed by atoms with E-state index in [-0.39, 0.29) is 19.5 Å². The van der Waals surface area contributed by atoms with Crippen molar-refractivity contribution in [1.82, 2.24) is 0 Å². The molecule has 0 heterocycles. The fourth-order valence-electron chi connectivity index (χ4n) is 0. The van der Waals surface area contributed by atoms with Crippen molar-refractivity contribution in [2.24, 2.45) is 0 Å². The zero-order chi connectivity index (χ0) is 4.50. The van der Waals surface area contributed by atoms with Gasteiger partial charge in [0.2, 0.25) is 0 Å². The van der Waals surface area contributed by atoms with E-state index < -0.39 is 7.91 Å². The number of halogens is 1. The van der Waals surface area contributed by atoms with E-state index >= 15 is 0 Å². The average molecular weight is 165 g/mol. The molecule has 2 N–H and O–H groups in total. The monoisotopic (exact) mass is 164 g/mol. The maximum Gasteiger partial charge on any atom is 0.507 e. The molecule has 0 aliphatic rings. The number of hydrogen-bond donors (Lipinski definition) is 2. The normalized spacial score (nSPS) is 9.83. The van der Waals surface area contributed by atoms with Crippen molar-refractivity contribution in [2.75, 3.05) is 0 Å². The Hall–Kier alpha value is 0.703. The Morgan fingerprint density at radius 3 is 1.50 bits per heavy atom. The first-order valence-electron chi connectivity index (χ1n) is 0.752. The van der Waals surface area contributed by atoms with Gasteiger partial charge in [-0.2, -0.15) is 0 Å². The molecule has 0 aromatic carbocycles. The van der Waals surface area contributed by atoms with E-state index in [1.54, 1.807) is 0 Å². The van der Waals surface area contributed by atoms with Gasteiger partial charge in [0.15, 0.2) is 0 Å². The minimum Gasteiger partial charge on any atom is -0.299 e. The van der Waals surface area contributed by atoms with Crippen LogP contribution >= 0.6 is 7.91 Å². The summed E-state index contributed by atoms with van der Waals surface area (Å²) in [5, 5.41) is 0. The van der Waals surface area contributed by atoms with Gasteiger partial charge in [0.1, 0.15) is 0 Å². The third-order valence-corrected chi connectivity index (χ3v) is 0. The van der Waals surface area contributed by atoms with Crippen LogP contribution in [0.25, 0.3) is 0 Å². The van der Waals surface area contributed by atoms with Crippen molar-refractivity contribution in [3.8, 4) is 0 Å². The molecule has 0 amide bonds. The van der Waals surface area contributed by atoms with Crippen molar-refractivity contribution in [2.45, 2.75) is 0 Å². The van der Waals surface area contributed by atoms with Crippen LogP contribution in [-0.4, -0.2) is 9.79 Å². The molecule has 0 atom stereocenters. The predicted molar refractivity (Wildman–Crippen MR) is 13.2 cm³/mol. The molecular weight excluding hydrogens is 163 g/mol. The summed E-state index contributed by atoms with van der Waals surface area (Å²) in [6.07, 6.45) is 0.